The van der Waals surface area contributed by atoms with Crippen LogP contribution in [-0.4, -0.2) is 72.5 Å². The number of rotatable bonds is 7. The maximum atomic E-state index is 12.4. The number of hydrogen-bond acceptors (Lipinski definition) is 6. The third kappa shape index (κ3) is 4.67. The Morgan fingerprint density at radius 3 is 3.08 bits per heavy atom. The standard InChI is InChI=1S/C18H29N5O2/c1-14(18(24)19-12-16-7-5-11-25-16)22(2)13-15-6-4-10-23(15)17-8-3-9-20-21-17/h3,8-9,14-16H,4-7,10-13H2,1-2H3,(H,19,24)/t14-,15+,16-/m1/s1. The van der Waals surface area contributed by atoms with Crippen LogP contribution in [0.2, 0.25) is 0 Å². The summed E-state index contributed by atoms with van der Waals surface area (Å²) in [5.74, 6) is 0.996. The van der Waals surface area contributed by atoms with E-state index in [1.54, 1.807) is 6.20 Å². The molecule has 7 heteroatoms. The fraction of sp³-hybridized carbons (Fsp3) is 0.722. The number of likely N-dealkylation sites (N-methyl/N-ethyl adjacent to an activating group) is 1. The summed E-state index contributed by atoms with van der Waals surface area (Å²) in [6.45, 7) is 5.23. The molecule has 1 N–H and O–H groups in total. The normalized spacial score (nSPS) is 24.7. The highest BCUT2D eigenvalue weighted by Gasteiger charge is 2.29. The van der Waals surface area contributed by atoms with Crippen molar-refractivity contribution in [2.24, 2.45) is 0 Å². The number of ether oxygens (including phenoxy) is 1. The third-order valence-electron chi connectivity index (χ3n) is 5.30. The Kier molecular flexibility index (Phi) is 6.20. The van der Waals surface area contributed by atoms with E-state index in [0.717, 1.165) is 51.2 Å². The molecule has 0 aliphatic carbocycles. The molecule has 0 bridgehead atoms. The second kappa shape index (κ2) is 8.58. The van der Waals surface area contributed by atoms with E-state index in [2.05, 4.69) is 25.3 Å². The van der Waals surface area contributed by atoms with E-state index in [-0.39, 0.29) is 18.1 Å². The molecule has 1 aromatic rings. The molecule has 7 nitrogen and oxygen atoms in total. The van der Waals surface area contributed by atoms with Gasteiger partial charge in [-0.25, -0.2) is 0 Å². The topological polar surface area (TPSA) is 70.6 Å². The van der Waals surface area contributed by atoms with Crippen molar-refractivity contribution in [2.45, 2.75) is 50.8 Å². The molecule has 3 rings (SSSR count). The fourth-order valence-corrected chi connectivity index (χ4v) is 3.63. The first-order chi connectivity index (χ1) is 12.1. The first kappa shape index (κ1) is 18.1. The number of nitrogens with zero attached hydrogens (tertiary/aromatic N) is 4. The fourth-order valence-electron chi connectivity index (χ4n) is 3.63. The summed E-state index contributed by atoms with van der Waals surface area (Å²) in [7, 11) is 2.02. The summed E-state index contributed by atoms with van der Waals surface area (Å²) >= 11 is 0. The zero-order valence-electron chi connectivity index (χ0n) is 15.2. The Balaban J connectivity index is 1.49. The molecule has 2 saturated heterocycles. The molecule has 0 aromatic carbocycles. The average molecular weight is 347 g/mol. The molecule has 138 valence electrons. The van der Waals surface area contributed by atoms with Gasteiger partial charge in [0.25, 0.3) is 0 Å². The quantitative estimate of drug-likeness (QED) is 0.795. The minimum absolute atomic E-state index is 0.0713. The Bertz CT molecular complexity index is 550. The lowest BCUT2D eigenvalue weighted by Crippen LogP contribution is -2.49. The van der Waals surface area contributed by atoms with Gasteiger partial charge < -0.3 is 15.0 Å². The molecule has 1 amide bonds. The lowest BCUT2D eigenvalue weighted by atomic mass is 10.1. The van der Waals surface area contributed by atoms with E-state index in [9.17, 15) is 4.79 Å². The summed E-state index contributed by atoms with van der Waals surface area (Å²) in [6.07, 6.45) is 6.28. The molecule has 3 heterocycles. The van der Waals surface area contributed by atoms with Crippen molar-refractivity contribution >= 4 is 11.7 Å². The van der Waals surface area contributed by atoms with Crippen molar-refractivity contribution in [2.75, 3.05) is 38.2 Å². The van der Waals surface area contributed by atoms with Crippen molar-refractivity contribution in [3.63, 3.8) is 0 Å². The number of amides is 1. The molecular weight excluding hydrogens is 318 g/mol. The van der Waals surface area contributed by atoms with Gasteiger partial charge in [0.1, 0.15) is 0 Å². The van der Waals surface area contributed by atoms with Crippen LogP contribution in [0.3, 0.4) is 0 Å². The van der Waals surface area contributed by atoms with E-state index < -0.39 is 0 Å². The maximum absolute atomic E-state index is 12.4. The zero-order valence-corrected chi connectivity index (χ0v) is 15.2. The highest BCUT2D eigenvalue weighted by atomic mass is 16.5. The highest BCUT2D eigenvalue weighted by molar-refractivity contribution is 5.81. The van der Waals surface area contributed by atoms with Crippen LogP contribution in [0.25, 0.3) is 0 Å². The summed E-state index contributed by atoms with van der Waals surface area (Å²) in [5, 5.41) is 11.3. The van der Waals surface area contributed by atoms with E-state index >= 15 is 0 Å². The number of anilines is 1. The van der Waals surface area contributed by atoms with E-state index in [1.807, 2.05) is 26.1 Å². The van der Waals surface area contributed by atoms with Gasteiger partial charge in [-0.1, -0.05) is 0 Å². The van der Waals surface area contributed by atoms with Gasteiger partial charge in [-0.2, -0.15) is 5.10 Å². The van der Waals surface area contributed by atoms with Crippen LogP contribution in [0, 0.1) is 0 Å². The molecule has 1 aromatic heterocycles. The van der Waals surface area contributed by atoms with Crippen molar-refractivity contribution in [3.8, 4) is 0 Å². The molecule has 0 spiro atoms. The van der Waals surface area contributed by atoms with Gasteiger partial charge in [-0.15, -0.1) is 5.10 Å². The van der Waals surface area contributed by atoms with Crippen LogP contribution in [0.1, 0.15) is 32.6 Å². The van der Waals surface area contributed by atoms with Crippen molar-refractivity contribution in [3.05, 3.63) is 18.3 Å². The molecule has 2 aliphatic rings. The SMILES string of the molecule is C[C@H](C(=O)NC[C@H]1CCCO1)N(C)C[C@@H]1CCCN1c1cccnn1. The molecule has 0 radical (unpaired) electrons. The van der Waals surface area contributed by atoms with Crippen LogP contribution in [0.4, 0.5) is 5.82 Å². The van der Waals surface area contributed by atoms with Crippen molar-refractivity contribution < 1.29 is 9.53 Å². The molecule has 2 fully saturated rings. The predicted molar refractivity (Wildman–Crippen MR) is 96.5 cm³/mol. The summed E-state index contributed by atoms with van der Waals surface area (Å²) in [5.41, 5.74) is 0. The van der Waals surface area contributed by atoms with Crippen LogP contribution >= 0.6 is 0 Å². The lowest BCUT2D eigenvalue weighted by Gasteiger charge is -2.31. The van der Waals surface area contributed by atoms with E-state index in [0.29, 0.717) is 12.6 Å². The average Bonchev–Trinajstić information content (AvgIpc) is 3.31. The number of aromatic nitrogens is 2. The zero-order chi connectivity index (χ0) is 17.6. The Hall–Kier alpha value is -1.73. The molecule has 2 aliphatic heterocycles. The second-order valence-electron chi connectivity index (χ2n) is 7.07. The first-order valence-electron chi connectivity index (χ1n) is 9.29. The van der Waals surface area contributed by atoms with Crippen LogP contribution in [0.15, 0.2) is 18.3 Å². The monoisotopic (exact) mass is 347 g/mol. The Morgan fingerprint density at radius 2 is 2.36 bits per heavy atom. The van der Waals surface area contributed by atoms with Crippen molar-refractivity contribution in [1.29, 1.82) is 0 Å². The minimum atomic E-state index is -0.161. The van der Waals surface area contributed by atoms with Gasteiger partial charge in [0.15, 0.2) is 5.82 Å². The lowest BCUT2D eigenvalue weighted by molar-refractivity contribution is -0.126. The number of hydrogen-bond donors (Lipinski definition) is 1. The van der Waals surface area contributed by atoms with Gasteiger partial charge in [-0.3, -0.25) is 9.69 Å². The van der Waals surface area contributed by atoms with Crippen molar-refractivity contribution in [1.82, 2.24) is 20.4 Å². The van der Waals surface area contributed by atoms with E-state index in [1.165, 1.54) is 0 Å². The van der Waals surface area contributed by atoms with Gasteiger partial charge >= 0.3 is 0 Å². The molecule has 0 unspecified atom stereocenters. The Morgan fingerprint density at radius 1 is 1.48 bits per heavy atom. The van der Waals surface area contributed by atoms with Gasteiger partial charge in [0.2, 0.25) is 5.91 Å². The van der Waals surface area contributed by atoms with Gasteiger partial charge in [0, 0.05) is 38.5 Å². The summed E-state index contributed by atoms with van der Waals surface area (Å²) < 4.78 is 5.57. The molecule has 25 heavy (non-hydrogen) atoms. The highest BCUT2D eigenvalue weighted by Crippen LogP contribution is 2.24. The number of carbonyl (C=O) groups is 1. The third-order valence-corrected chi connectivity index (χ3v) is 5.30. The molecular formula is C18H29N5O2. The predicted octanol–water partition coefficient (Wildman–Crippen LogP) is 1.06. The van der Waals surface area contributed by atoms with Gasteiger partial charge in [0.05, 0.1) is 12.1 Å². The summed E-state index contributed by atoms with van der Waals surface area (Å²) in [4.78, 5) is 16.9. The largest absolute Gasteiger partial charge is 0.376 e. The summed E-state index contributed by atoms with van der Waals surface area (Å²) in [6, 6.07) is 4.13. The smallest absolute Gasteiger partial charge is 0.237 e. The molecule has 3 atom stereocenters. The Labute approximate surface area is 149 Å². The first-order valence-corrected chi connectivity index (χ1v) is 9.29. The van der Waals surface area contributed by atoms with E-state index in [4.69, 9.17) is 4.74 Å². The second-order valence-corrected chi connectivity index (χ2v) is 7.07. The number of carbonyl (C=O) groups excluding carboxylic acids is 1. The minimum Gasteiger partial charge on any atom is -0.376 e. The molecule has 0 saturated carbocycles. The van der Waals surface area contributed by atoms with Crippen LogP contribution in [-0.2, 0) is 9.53 Å². The van der Waals surface area contributed by atoms with Gasteiger partial charge in [-0.05, 0) is 51.8 Å². The van der Waals surface area contributed by atoms with Crippen LogP contribution in [0.5, 0.6) is 0 Å². The van der Waals surface area contributed by atoms with Crippen LogP contribution < -0.4 is 10.2 Å². The number of nitrogens with one attached hydrogen (secondary N) is 1. The maximum Gasteiger partial charge on any atom is 0.237 e.